The molecule has 0 bridgehead atoms. The summed E-state index contributed by atoms with van der Waals surface area (Å²) in [6.07, 6.45) is 5.96. The summed E-state index contributed by atoms with van der Waals surface area (Å²) in [7, 11) is 0. The Kier molecular flexibility index (Phi) is 5.07. The van der Waals surface area contributed by atoms with Gasteiger partial charge in [0.1, 0.15) is 5.82 Å². The second-order valence-electron chi connectivity index (χ2n) is 7.56. The zero-order valence-corrected chi connectivity index (χ0v) is 17.0. The molecule has 3 aromatic heterocycles. The molecular formula is C20H23N7OS. The van der Waals surface area contributed by atoms with E-state index in [0.29, 0.717) is 12.5 Å². The van der Waals surface area contributed by atoms with Crippen LogP contribution in [0, 0.1) is 0 Å². The van der Waals surface area contributed by atoms with Crippen molar-refractivity contribution in [1.82, 2.24) is 29.0 Å². The first-order valence-corrected chi connectivity index (χ1v) is 10.8. The van der Waals surface area contributed by atoms with E-state index in [-0.39, 0.29) is 5.56 Å². The van der Waals surface area contributed by atoms with Crippen LogP contribution in [0.3, 0.4) is 0 Å². The smallest absolute Gasteiger partial charge is 0.266 e. The normalized spacial score (nSPS) is 17.6. The standard InChI is InChI=1S/C20H23N7OS/c28-18-6-5-17(16-2-1-7-21-14-16)23-27(18)13-10-25-8-11-26(12-9-25)20-22-19(24-29-20)15-3-4-15/h1-2,5-7,14-15H,3-4,8-13H2. The third kappa shape index (κ3) is 4.20. The maximum atomic E-state index is 12.2. The van der Waals surface area contributed by atoms with Gasteiger partial charge in [0.05, 0.1) is 12.2 Å². The van der Waals surface area contributed by atoms with Crippen LogP contribution in [0.25, 0.3) is 11.3 Å². The fourth-order valence-electron chi connectivity index (χ4n) is 3.54. The number of hydrogen-bond donors (Lipinski definition) is 0. The molecule has 9 heteroatoms. The van der Waals surface area contributed by atoms with E-state index < -0.39 is 0 Å². The number of rotatable bonds is 6. The van der Waals surface area contributed by atoms with E-state index in [4.69, 9.17) is 4.98 Å². The minimum absolute atomic E-state index is 0.0715. The second kappa shape index (κ2) is 8.00. The first-order valence-electron chi connectivity index (χ1n) is 10.1. The lowest BCUT2D eigenvalue weighted by atomic mass is 10.2. The molecule has 2 fully saturated rings. The molecule has 150 valence electrons. The molecule has 1 aliphatic carbocycles. The fourth-order valence-corrected chi connectivity index (χ4v) is 4.34. The molecular weight excluding hydrogens is 386 g/mol. The zero-order valence-electron chi connectivity index (χ0n) is 16.1. The van der Waals surface area contributed by atoms with E-state index in [2.05, 4.69) is 24.3 Å². The molecule has 0 radical (unpaired) electrons. The summed E-state index contributed by atoms with van der Waals surface area (Å²) in [5.41, 5.74) is 1.61. The van der Waals surface area contributed by atoms with Crippen LogP contribution >= 0.6 is 11.5 Å². The van der Waals surface area contributed by atoms with Crippen molar-refractivity contribution in [1.29, 1.82) is 0 Å². The van der Waals surface area contributed by atoms with Crippen LogP contribution in [0.4, 0.5) is 5.13 Å². The summed E-state index contributed by atoms with van der Waals surface area (Å²) in [5, 5.41) is 5.57. The first kappa shape index (κ1) is 18.4. The van der Waals surface area contributed by atoms with Gasteiger partial charge in [-0.1, -0.05) is 0 Å². The lowest BCUT2D eigenvalue weighted by Gasteiger charge is -2.34. The van der Waals surface area contributed by atoms with Crippen LogP contribution < -0.4 is 10.5 Å². The predicted octanol–water partition coefficient (Wildman–Crippen LogP) is 1.86. The Hall–Kier alpha value is -2.65. The van der Waals surface area contributed by atoms with Crippen molar-refractivity contribution in [2.24, 2.45) is 0 Å². The first-order chi connectivity index (χ1) is 14.3. The van der Waals surface area contributed by atoms with Crippen molar-refractivity contribution in [3.8, 4) is 11.3 Å². The molecule has 1 aliphatic heterocycles. The number of anilines is 1. The van der Waals surface area contributed by atoms with Gasteiger partial charge in [-0.25, -0.2) is 9.67 Å². The highest BCUT2D eigenvalue weighted by Crippen LogP contribution is 2.39. The molecule has 29 heavy (non-hydrogen) atoms. The molecule has 0 unspecified atom stereocenters. The van der Waals surface area contributed by atoms with Crippen molar-refractivity contribution < 1.29 is 0 Å². The van der Waals surface area contributed by atoms with E-state index in [1.165, 1.54) is 24.4 Å². The van der Waals surface area contributed by atoms with E-state index in [1.54, 1.807) is 29.2 Å². The molecule has 1 saturated heterocycles. The third-order valence-corrected chi connectivity index (χ3v) is 6.26. The minimum Gasteiger partial charge on any atom is -0.344 e. The van der Waals surface area contributed by atoms with Crippen LogP contribution in [0.15, 0.2) is 41.5 Å². The lowest BCUT2D eigenvalue weighted by Crippen LogP contribution is -2.47. The average molecular weight is 410 g/mol. The van der Waals surface area contributed by atoms with Crippen molar-refractivity contribution in [2.45, 2.75) is 25.3 Å². The molecule has 3 aromatic rings. The number of aromatic nitrogens is 5. The number of piperazine rings is 1. The number of pyridine rings is 1. The summed E-state index contributed by atoms with van der Waals surface area (Å²) in [4.78, 5) is 25.8. The Bertz CT molecular complexity index is 1020. The van der Waals surface area contributed by atoms with Gasteiger partial charge in [0, 0.05) is 74.2 Å². The monoisotopic (exact) mass is 409 g/mol. The zero-order chi connectivity index (χ0) is 19.6. The van der Waals surface area contributed by atoms with E-state index in [0.717, 1.165) is 54.9 Å². The van der Waals surface area contributed by atoms with Gasteiger partial charge in [-0.2, -0.15) is 9.47 Å². The SMILES string of the molecule is O=c1ccc(-c2cccnc2)nn1CCN1CCN(c2nc(C3CC3)ns2)CC1. The van der Waals surface area contributed by atoms with Crippen LogP contribution in [-0.2, 0) is 6.54 Å². The molecule has 0 atom stereocenters. The van der Waals surface area contributed by atoms with Gasteiger partial charge in [0.25, 0.3) is 5.56 Å². The topological polar surface area (TPSA) is 80.0 Å². The number of hydrogen-bond acceptors (Lipinski definition) is 8. The van der Waals surface area contributed by atoms with E-state index >= 15 is 0 Å². The van der Waals surface area contributed by atoms with Gasteiger partial charge >= 0.3 is 0 Å². The Morgan fingerprint density at radius 2 is 1.93 bits per heavy atom. The highest BCUT2D eigenvalue weighted by molar-refractivity contribution is 7.09. The Morgan fingerprint density at radius 1 is 1.07 bits per heavy atom. The van der Waals surface area contributed by atoms with Crippen molar-refractivity contribution >= 4 is 16.7 Å². The second-order valence-corrected chi connectivity index (χ2v) is 8.29. The fraction of sp³-hybridized carbons (Fsp3) is 0.450. The Morgan fingerprint density at radius 3 is 2.69 bits per heavy atom. The molecule has 0 N–H and O–H groups in total. The van der Waals surface area contributed by atoms with Crippen LogP contribution in [-0.4, -0.2) is 61.7 Å². The quantitative estimate of drug-likeness (QED) is 0.615. The molecule has 4 heterocycles. The maximum absolute atomic E-state index is 12.2. The van der Waals surface area contributed by atoms with Gasteiger partial charge in [0.15, 0.2) is 0 Å². The molecule has 0 spiro atoms. The van der Waals surface area contributed by atoms with E-state index in [1.807, 2.05) is 12.1 Å². The van der Waals surface area contributed by atoms with Crippen LogP contribution in [0.5, 0.6) is 0 Å². The largest absolute Gasteiger partial charge is 0.344 e. The summed E-state index contributed by atoms with van der Waals surface area (Å²) < 4.78 is 6.07. The Labute approximate surface area is 173 Å². The van der Waals surface area contributed by atoms with Gasteiger partial charge in [-0.05, 0) is 31.0 Å². The molecule has 1 saturated carbocycles. The van der Waals surface area contributed by atoms with Crippen LogP contribution in [0.1, 0.15) is 24.6 Å². The molecule has 0 aromatic carbocycles. The van der Waals surface area contributed by atoms with Gasteiger partial charge in [-0.3, -0.25) is 14.7 Å². The summed E-state index contributed by atoms with van der Waals surface area (Å²) in [6.45, 7) is 5.18. The van der Waals surface area contributed by atoms with Gasteiger partial charge < -0.3 is 4.90 Å². The predicted molar refractivity (Wildman–Crippen MR) is 112 cm³/mol. The van der Waals surface area contributed by atoms with Crippen molar-refractivity contribution in [3.05, 3.63) is 52.8 Å². The lowest BCUT2D eigenvalue weighted by molar-refractivity contribution is 0.243. The summed E-state index contributed by atoms with van der Waals surface area (Å²) in [6, 6.07) is 7.16. The summed E-state index contributed by atoms with van der Waals surface area (Å²) >= 11 is 1.52. The van der Waals surface area contributed by atoms with Crippen molar-refractivity contribution in [3.63, 3.8) is 0 Å². The third-order valence-electron chi connectivity index (χ3n) is 5.47. The molecule has 2 aliphatic rings. The summed E-state index contributed by atoms with van der Waals surface area (Å²) in [5.74, 6) is 1.64. The number of nitrogens with zero attached hydrogens (tertiary/aromatic N) is 7. The average Bonchev–Trinajstić information content (AvgIpc) is 3.51. The van der Waals surface area contributed by atoms with Crippen molar-refractivity contribution in [2.75, 3.05) is 37.6 Å². The molecule has 5 rings (SSSR count). The van der Waals surface area contributed by atoms with Crippen LogP contribution in [0.2, 0.25) is 0 Å². The van der Waals surface area contributed by atoms with Gasteiger partial charge in [-0.15, -0.1) is 0 Å². The molecule has 8 nitrogen and oxygen atoms in total. The molecule has 0 amide bonds. The Balaban J connectivity index is 1.17. The van der Waals surface area contributed by atoms with Gasteiger partial charge in [0.2, 0.25) is 5.13 Å². The highest BCUT2D eigenvalue weighted by Gasteiger charge is 2.29. The van der Waals surface area contributed by atoms with E-state index in [9.17, 15) is 4.79 Å². The maximum Gasteiger partial charge on any atom is 0.266 e. The highest BCUT2D eigenvalue weighted by atomic mass is 32.1. The minimum atomic E-state index is -0.0715.